The molecule has 4 aromatic heterocycles. The molecule has 4 heterocycles. The molecule has 17 rings (SSSR count). The lowest BCUT2D eigenvalue weighted by Gasteiger charge is -2.14. The van der Waals surface area contributed by atoms with Crippen molar-refractivity contribution in [3.05, 3.63) is 255 Å². The maximum atomic E-state index is 2.48. The lowest BCUT2D eigenvalue weighted by atomic mass is 9.91. The number of aromatic nitrogens is 2. The number of thiophene rings is 2. The zero-order chi connectivity index (χ0) is 49.6. The van der Waals surface area contributed by atoms with E-state index in [1.165, 1.54) is 161 Å². The second kappa shape index (κ2) is 16.1. The second-order valence-corrected chi connectivity index (χ2v) is 22.5. The van der Waals surface area contributed by atoms with Gasteiger partial charge in [0, 0.05) is 73.3 Å². The third-order valence-electron chi connectivity index (χ3n) is 16.3. The maximum Gasteiger partial charge on any atom is 0.0548 e. The van der Waals surface area contributed by atoms with Gasteiger partial charge in [-0.05, 0) is 151 Å². The van der Waals surface area contributed by atoms with Crippen molar-refractivity contribution < 1.29 is 0 Å². The Morgan fingerprint density at radius 2 is 0.632 bits per heavy atom. The first-order chi connectivity index (χ1) is 37.7. The van der Waals surface area contributed by atoms with E-state index in [0.717, 1.165) is 0 Å². The molecule has 0 saturated heterocycles. The van der Waals surface area contributed by atoms with Crippen molar-refractivity contribution in [1.82, 2.24) is 9.13 Å². The number of hydrogen-bond donors (Lipinski definition) is 0. The summed E-state index contributed by atoms with van der Waals surface area (Å²) >= 11 is 3.77. The molecule has 352 valence electrons. The molecule has 0 unspecified atom stereocenters. The van der Waals surface area contributed by atoms with E-state index >= 15 is 0 Å². The van der Waals surface area contributed by atoms with Crippen molar-refractivity contribution in [3.8, 4) is 44.8 Å². The van der Waals surface area contributed by atoms with Gasteiger partial charge in [-0.15, -0.1) is 22.7 Å². The fraction of sp³-hybridized carbons (Fsp3) is 0. The molecule has 0 aliphatic carbocycles. The van der Waals surface area contributed by atoms with Gasteiger partial charge < -0.3 is 9.13 Å². The second-order valence-electron chi connectivity index (χ2n) is 20.3. The van der Waals surface area contributed by atoms with Crippen molar-refractivity contribution in [2.45, 2.75) is 0 Å². The van der Waals surface area contributed by atoms with E-state index in [2.05, 4.69) is 264 Å². The number of hydrogen-bond acceptors (Lipinski definition) is 2. The van der Waals surface area contributed by atoms with Crippen LogP contribution in [0.25, 0.3) is 161 Å². The van der Waals surface area contributed by atoms with Gasteiger partial charge in [0.2, 0.25) is 0 Å². The van der Waals surface area contributed by atoms with Crippen molar-refractivity contribution in [2.24, 2.45) is 0 Å². The molecular weight excluding hydrogens is 957 g/mol. The van der Waals surface area contributed by atoms with Gasteiger partial charge >= 0.3 is 0 Å². The molecule has 13 aromatic carbocycles. The summed E-state index contributed by atoms with van der Waals surface area (Å²) in [6.07, 6.45) is 0. The predicted octanol–water partition coefficient (Wildman–Crippen LogP) is 21.1. The van der Waals surface area contributed by atoms with Crippen LogP contribution in [0.5, 0.6) is 0 Å². The summed E-state index contributed by atoms with van der Waals surface area (Å²) in [5.41, 5.74) is 14.5. The molecule has 0 aliphatic heterocycles. The highest BCUT2D eigenvalue weighted by molar-refractivity contribution is 7.26. The van der Waals surface area contributed by atoms with E-state index < -0.39 is 0 Å². The average molecular weight is 999 g/mol. The first-order valence-corrected chi connectivity index (χ1v) is 27.7. The Labute approximate surface area is 444 Å². The van der Waals surface area contributed by atoms with Crippen molar-refractivity contribution in [3.63, 3.8) is 0 Å². The Hall–Kier alpha value is -9.32. The Morgan fingerprint density at radius 3 is 1.17 bits per heavy atom. The van der Waals surface area contributed by atoms with Crippen molar-refractivity contribution in [1.29, 1.82) is 0 Å². The summed E-state index contributed by atoms with van der Waals surface area (Å²) < 4.78 is 10.2. The minimum atomic E-state index is 1.17. The molecule has 0 spiro atoms. The van der Waals surface area contributed by atoms with E-state index in [1.54, 1.807) is 0 Å². The van der Waals surface area contributed by atoms with Crippen LogP contribution in [0.2, 0.25) is 0 Å². The molecule has 0 N–H and O–H groups in total. The van der Waals surface area contributed by atoms with Crippen LogP contribution >= 0.6 is 22.7 Å². The summed E-state index contributed by atoms with van der Waals surface area (Å²) in [5.74, 6) is 0. The molecular formula is C72H42N2S2. The zero-order valence-corrected chi connectivity index (χ0v) is 42.6. The van der Waals surface area contributed by atoms with Gasteiger partial charge in [-0.1, -0.05) is 170 Å². The van der Waals surface area contributed by atoms with Crippen LogP contribution in [-0.2, 0) is 0 Å². The molecule has 0 aliphatic rings. The van der Waals surface area contributed by atoms with Gasteiger partial charge in [0.15, 0.2) is 0 Å². The van der Waals surface area contributed by atoms with Crippen LogP contribution in [0.4, 0.5) is 0 Å². The summed E-state index contributed by atoms with van der Waals surface area (Å²) in [7, 11) is 0. The Morgan fingerprint density at radius 1 is 0.224 bits per heavy atom. The minimum Gasteiger partial charge on any atom is -0.309 e. The zero-order valence-electron chi connectivity index (χ0n) is 41.0. The average Bonchev–Trinajstić information content (AvgIpc) is 4.37. The molecule has 0 amide bonds. The summed E-state index contributed by atoms with van der Waals surface area (Å²) in [4.78, 5) is 0. The number of fused-ring (bicyclic) bond motifs is 17. The van der Waals surface area contributed by atoms with Gasteiger partial charge in [0.05, 0.1) is 22.1 Å². The quantitative estimate of drug-likeness (QED) is 0.163. The van der Waals surface area contributed by atoms with Crippen molar-refractivity contribution >= 4 is 139 Å². The van der Waals surface area contributed by atoms with Crippen molar-refractivity contribution in [2.75, 3.05) is 0 Å². The summed E-state index contributed by atoms with van der Waals surface area (Å²) in [6.45, 7) is 0. The Kier molecular flexibility index (Phi) is 8.91. The van der Waals surface area contributed by atoms with E-state index in [9.17, 15) is 0 Å². The number of nitrogens with zero attached hydrogens (tertiary/aromatic N) is 2. The molecule has 17 aromatic rings. The minimum absolute atomic E-state index is 1.17. The third-order valence-corrected chi connectivity index (χ3v) is 18.6. The van der Waals surface area contributed by atoms with Crippen LogP contribution in [0, 0.1) is 0 Å². The highest BCUT2D eigenvalue weighted by Crippen LogP contribution is 2.47. The largest absolute Gasteiger partial charge is 0.309 e. The lowest BCUT2D eigenvalue weighted by molar-refractivity contribution is 1.19. The smallest absolute Gasteiger partial charge is 0.0548 e. The van der Waals surface area contributed by atoms with E-state index in [1.807, 2.05) is 22.7 Å². The monoisotopic (exact) mass is 998 g/mol. The standard InChI is InChI=1S/C72H42N2S2/c1-3-13-47-39-51(29-25-43(47)11-1)73-61-33-27-49(41-59(61)69-63(73)35-37-67-71(69)57-17-7-9-19-65(57)75-67)45-21-23-46(24-22-45)53-31-32-54(56-16-6-5-15-55(53)56)50-28-34-62-60(42-50)70-64(36-38-68-72(70)58-18-8-10-20-66(58)76-68)74(62)52-30-26-44-12-2-4-14-48(44)40-52/h1-42H. The molecule has 0 bridgehead atoms. The van der Waals surface area contributed by atoms with Crippen LogP contribution in [0.1, 0.15) is 0 Å². The van der Waals surface area contributed by atoms with Gasteiger partial charge in [-0.2, -0.15) is 0 Å². The van der Waals surface area contributed by atoms with Crippen LogP contribution < -0.4 is 0 Å². The SMILES string of the molecule is c1ccc2cc(-n3c4ccc(-c5ccc(-c6ccc(-c7ccc8c(c7)c7c9c(ccc7n8-c7ccc8ccccc8c7)sc7ccccc79)c7ccccc67)cc5)cc4c4c5c(ccc43)sc3ccccc35)ccc2c1. The van der Waals surface area contributed by atoms with E-state index in [4.69, 9.17) is 0 Å². The third kappa shape index (κ3) is 6.14. The predicted molar refractivity (Wildman–Crippen MR) is 330 cm³/mol. The van der Waals surface area contributed by atoms with Crippen LogP contribution in [0.3, 0.4) is 0 Å². The van der Waals surface area contributed by atoms with Gasteiger partial charge in [-0.3, -0.25) is 0 Å². The van der Waals surface area contributed by atoms with E-state index in [0.29, 0.717) is 0 Å². The van der Waals surface area contributed by atoms with Gasteiger partial charge in [0.25, 0.3) is 0 Å². The molecule has 4 heteroatoms. The Bertz CT molecular complexity index is 5300. The maximum absolute atomic E-state index is 2.48. The highest BCUT2D eigenvalue weighted by atomic mass is 32.1. The fourth-order valence-corrected chi connectivity index (χ4v) is 15.1. The molecule has 0 atom stereocenters. The van der Waals surface area contributed by atoms with E-state index in [-0.39, 0.29) is 0 Å². The normalized spacial score (nSPS) is 12.2. The lowest BCUT2D eigenvalue weighted by Crippen LogP contribution is -1.94. The fourth-order valence-electron chi connectivity index (χ4n) is 12.8. The molecule has 0 saturated carbocycles. The van der Waals surface area contributed by atoms with Gasteiger partial charge in [0.1, 0.15) is 0 Å². The van der Waals surface area contributed by atoms with Crippen LogP contribution in [-0.4, -0.2) is 9.13 Å². The first-order valence-electron chi connectivity index (χ1n) is 26.1. The topological polar surface area (TPSA) is 9.86 Å². The Balaban J connectivity index is 0.797. The molecule has 0 radical (unpaired) electrons. The first kappa shape index (κ1) is 42.1. The summed E-state index contributed by atoms with van der Waals surface area (Å²) in [5, 5.41) is 17.9. The molecule has 0 fully saturated rings. The number of benzene rings is 13. The van der Waals surface area contributed by atoms with Crippen LogP contribution in [0.15, 0.2) is 255 Å². The molecule has 2 nitrogen and oxygen atoms in total. The van der Waals surface area contributed by atoms with Gasteiger partial charge in [-0.25, -0.2) is 0 Å². The summed E-state index contributed by atoms with van der Waals surface area (Å²) in [6, 6.07) is 95.3. The molecule has 76 heavy (non-hydrogen) atoms. The highest BCUT2D eigenvalue weighted by Gasteiger charge is 2.22. The number of rotatable bonds is 5.